The van der Waals surface area contributed by atoms with E-state index < -0.39 is 10.0 Å². The van der Waals surface area contributed by atoms with Crippen LogP contribution in [0.2, 0.25) is 0 Å². The monoisotopic (exact) mass is 417 g/mol. The molecule has 0 fully saturated rings. The molecular weight excluding hydrogens is 398 g/mol. The Labute approximate surface area is 174 Å². The van der Waals surface area contributed by atoms with Crippen molar-refractivity contribution in [3.8, 4) is 11.3 Å². The van der Waals surface area contributed by atoms with Crippen LogP contribution >= 0.6 is 0 Å². The van der Waals surface area contributed by atoms with Crippen molar-refractivity contribution in [2.45, 2.75) is 11.8 Å². The summed E-state index contributed by atoms with van der Waals surface area (Å²) in [4.78, 5) is 12.8. The van der Waals surface area contributed by atoms with E-state index in [9.17, 15) is 8.42 Å². The van der Waals surface area contributed by atoms with Gasteiger partial charge in [0.1, 0.15) is 12.1 Å². The Hall–Kier alpha value is -3.78. The van der Waals surface area contributed by atoms with Crippen LogP contribution in [0.15, 0.2) is 90.3 Å². The van der Waals surface area contributed by atoms with Crippen LogP contribution in [-0.4, -0.2) is 23.4 Å². The maximum Gasteiger partial charge on any atom is 0.261 e. The van der Waals surface area contributed by atoms with Gasteiger partial charge in [0, 0.05) is 35.4 Å². The van der Waals surface area contributed by atoms with Crippen molar-refractivity contribution in [2.75, 3.05) is 10.0 Å². The SMILES string of the molecule is Cc1ccc(S(=O)(=O)Nc2ccc(Nc3cc(-c4cccnc4)ncn3)cc2)cc1. The van der Waals surface area contributed by atoms with Gasteiger partial charge in [0.15, 0.2) is 0 Å². The van der Waals surface area contributed by atoms with Gasteiger partial charge in [-0.25, -0.2) is 18.4 Å². The molecule has 4 aromatic rings. The topological polar surface area (TPSA) is 96.9 Å². The van der Waals surface area contributed by atoms with E-state index in [1.807, 2.05) is 25.1 Å². The Morgan fingerprint density at radius 3 is 2.30 bits per heavy atom. The number of sulfonamides is 1. The highest BCUT2D eigenvalue weighted by molar-refractivity contribution is 7.92. The molecular formula is C22H19N5O2S. The van der Waals surface area contributed by atoms with Crippen LogP contribution in [0.3, 0.4) is 0 Å². The minimum atomic E-state index is -3.64. The number of aromatic nitrogens is 3. The average Bonchev–Trinajstić information content (AvgIpc) is 2.76. The van der Waals surface area contributed by atoms with Gasteiger partial charge >= 0.3 is 0 Å². The second-order valence-electron chi connectivity index (χ2n) is 6.65. The standard InChI is InChI=1S/C22H19N5O2S/c1-16-4-10-20(11-5-16)30(28,29)27-19-8-6-18(7-9-19)26-22-13-21(24-15-25-22)17-3-2-12-23-14-17/h2-15,27H,1H3,(H,24,25,26). The highest BCUT2D eigenvalue weighted by atomic mass is 32.2. The number of anilines is 3. The molecule has 7 nitrogen and oxygen atoms in total. The summed E-state index contributed by atoms with van der Waals surface area (Å²) < 4.78 is 27.6. The fraction of sp³-hybridized carbons (Fsp3) is 0.0455. The molecule has 8 heteroatoms. The third-order valence-corrected chi connectivity index (χ3v) is 5.76. The lowest BCUT2D eigenvalue weighted by Crippen LogP contribution is -2.12. The Kier molecular flexibility index (Phi) is 5.40. The largest absolute Gasteiger partial charge is 0.340 e. The third kappa shape index (κ3) is 4.61. The van der Waals surface area contributed by atoms with Gasteiger partial charge < -0.3 is 5.32 Å². The molecule has 0 aliphatic heterocycles. The molecule has 2 aromatic heterocycles. The first-order valence-electron chi connectivity index (χ1n) is 9.19. The van der Waals surface area contributed by atoms with Crippen LogP contribution in [0.1, 0.15) is 5.56 Å². The molecule has 0 saturated carbocycles. The highest BCUT2D eigenvalue weighted by Gasteiger charge is 2.13. The Bertz CT molecular complexity index is 1240. The number of pyridine rings is 1. The zero-order valence-electron chi connectivity index (χ0n) is 16.1. The molecule has 0 aliphatic carbocycles. The normalized spacial score (nSPS) is 11.1. The molecule has 0 aliphatic rings. The number of benzene rings is 2. The van der Waals surface area contributed by atoms with Crippen LogP contribution in [0.25, 0.3) is 11.3 Å². The minimum Gasteiger partial charge on any atom is -0.340 e. The smallest absolute Gasteiger partial charge is 0.261 e. The van der Waals surface area contributed by atoms with E-state index in [1.54, 1.807) is 60.9 Å². The van der Waals surface area contributed by atoms with Crippen molar-refractivity contribution >= 4 is 27.2 Å². The van der Waals surface area contributed by atoms with E-state index in [-0.39, 0.29) is 4.90 Å². The number of aryl methyl sites for hydroxylation is 1. The van der Waals surface area contributed by atoms with E-state index in [0.29, 0.717) is 11.5 Å². The van der Waals surface area contributed by atoms with Crippen LogP contribution in [0, 0.1) is 6.92 Å². The second kappa shape index (κ2) is 8.30. The van der Waals surface area contributed by atoms with Crippen LogP contribution in [0.4, 0.5) is 17.2 Å². The average molecular weight is 417 g/mol. The quantitative estimate of drug-likeness (QED) is 0.483. The van der Waals surface area contributed by atoms with Crippen molar-refractivity contribution in [1.82, 2.24) is 15.0 Å². The van der Waals surface area contributed by atoms with Crippen molar-refractivity contribution in [1.29, 1.82) is 0 Å². The fourth-order valence-corrected chi connectivity index (χ4v) is 3.86. The molecule has 2 N–H and O–H groups in total. The van der Waals surface area contributed by atoms with Gasteiger partial charge in [0.05, 0.1) is 10.6 Å². The second-order valence-corrected chi connectivity index (χ2v) is 8.33. The molecule has 2 aromatic carbocycles. The molecule has 0 saturated heterocycles. The first-order chi connectivity index (χ1) is 14.5. The van der Waals surface area contributed by atoms with Crippen molar-refractivity contribution in [3.63, 3.8) is 0 Å². The van der Waals surface area contributed by atoms with Gasteiger partial charge in [-0.3, -0.25) is 9.71 Å². The van der Waals surface area contributed by atoms with E-state index in [1.165, 1.54) is 6.33 Å². The maximum atomic E-state index is 12.5. The lowest BCUT2D eigenvalue weighted by molar-refractivity contribution is 0.601. The summed E-state index contributed by atoms with van der Waals surface area (Å²) in [6.07, 6.45) is 4.92. The lowest BCUT2D eigenvalue weighted by Gasteiger charge is -2.10. The number of nitrogens with one attached hydrogen (secondary N) is 2. The molecule has 0 amide bonds. The number of nitrogens with zero attached hydrogens (tertiary/aromatic N) is 3. The summed E-state index contributed by atoms with van der Waals surface area (Å²) in [6.45, 7) is 1.91. The van der Waals surface area contributed by atoms with Crippen molar-refractivity contribution in [3.05, 3.63) is 91.0 Å². The van der Waals surface area contributed by atoms with E-state index in [4.69, 9.17) is 0 Å². The summed E-state index contributed by atoms with van der Waals surface area (Å²) in [5, 5.41) is 3.19. The molecule has 4 rings (SSSR count). The molecule has 2 heterocycles. The lowest BCUT2D eigenvalue weighted by atomic mass is 10.2. The summed E-state index contributed by atoms with van der Waals surface area (Å²) in [5.41, 5.74) is 3.89. The summed E-state index contributed by atoms with van der Waals surface area (Å²) in [5.74, 6) is 0.622. The minimum absolute atomic E-state index is 0.221. The molecule has 0 spiro atoms. The van der Waals surface area contributed by atoms with Gasteiger partial charge in [-0.15, -0.1) is 0 Å². The number of hydrogen-bond donors (Lipinski definition) is 2. The van der Waals surface area contributed by atoms with E-state index in [2.05, 4.69) is 25.0 Å². The first kappa shape index (κ1) is 19.5. The van der Waals surface area contributed by atoms with Gasteiger partial charge in [-0.2, -0.15) is 0 Å². The van der Waals surface area contributed by atoms with Gasteiger partial charge in [0.2, 0.25) is 0 Å². The maximum absolute atomic E-state index is 12.5. The van der Waals surface area contributed by atoms with Crippen LogP contribution < -0.4 is 10.0 Å². The van der Waals surface area contributed by atoms with Crippen molar-refractivity contribution in [2.24, 2.45) is 0 Å². The summed E-state index contributed by atoms with van der Waals surface area (Å²) in [6, 6.07) is 19.2. The zero-order chi connectivity index (χ0) is 21.0. The van der Waals surface area contributed by atoms with Gasteiger partial charge in [-0.1, -0.05) is 17.7 Å². The Balaban J connectivity index is 1.47. The molecule has 0 atom stereocenters. The van der Waals surface area contributed by atoms with Crippen LogP contribution in [-0.2, 0) is 10.0 Å². The van der Waals surface area contributed by atoms with Gasteiger partial charge in [-0.05, 0) is 55.5 Å². The fourth-order valence-electron chi connectivity index (χ4n) is 2.80. The first-order valence-corrected chi connectivity index (χ1v) is 10.7. The highest BCUT2D eigenvalue weighted by Crippen LogP contribution is 2.23. The summed E-state index contributed by atoms with van der Waals surface area (Å²) >= 11 is 0. The number of hydrogen-bond acceptors (Lipinski definition) is 6. The van der Waals surface area contributed by atoms with Crippen molar-refractivity contribution < 1.29 is 8.42 Å². The Morgan fingerprint density at radius 1 is 0.867 bits per heavy atom. The molecule has 0 unspecified atom stereocenters. The van der Waals surface area contributed by atoms with E-state index in [0.717, 1.165) is 22.5 Å². The molecule has 0 bridgehead atoms. The number of rotatable bonds is 6. The Morgan fingerprint density at radius 2 is 1.60 bits per heavy atom. The van der Waals surface area contributed by atoms with Crippen LogP contribution in [0.5, 0.6) is 0 Å². The zero-order valence-corrected chi connectivity index (χ0v) is 17.0. The third-order valence-electron chi connectivity index (χ3n) is 4.37. The molecule has 30 heavy (non-hydrogen) atoms. The predicted molar refractivity (Wildman–Crippen MR) is 117 cm³/mol. The van der Waals surface area contributed by atoms with E-state index >= 15 is 0 Å². The summed E-state index contributed by atoms with van der Waals surface area (Å²) in [7, 11) is -3.64. The molecule has 0 radical (unpaired) electrons. The van der Waals surface area contributed by atoms with Gasteiger partial charge in [0.25, 0.3) is 10.0 Å². The predicted octanol–water partition coefficient (Wildman–Crippen LogP) is 4.39. The molecule has 150 valence electrons.